The molecule has 0 aliphatic carbocycles. The SMILES string of the molecule is O=C(O)C(CCSc1ccccc1)C(=O)OCc1ccccc1. The van der Waals surface area contributed by atoms with Gasteiger partial charge in [0.15, 0.2) is 5.92 Å². The van der Waals surface area contributed by atoms with Gasteiger partial charge in [0.1, 0.15) is 6.61 Å². The Labute approximate surface area is 139 Å². The summed E-state index contributed by atoms with van der Waals surface area (Å²) in [5, 5.41) is 9.23. The molecule has 1 N–H and O–H groups in total. The van der Waals surface area contributed by atoms with E-state index >= 15 is 0 Å². The van der Waals surface area contributed by atoms with Crippen LogP contribution in [0.5, 0.6) is 0 Å². The minimum Gasteiger partial charge on any atom is -0.481 e. The van der Waals surface area contributed by atoms with Crippen LogP contribution in [0, 0.1) is 5.92 Å². The fourth-order valence-electron chi connectivity index (χ4n) is 1.98. The van der Waals surface area contributed by atoms with Crippen LogP contribution in [0.15, 0.2) is 65.6 Å². The molecule has 5 heteroatoms. The molecule has 1 unspecified atom stereocenters. The first-order valence-corrected chi connectivity index (χ1v) is 8.26. The number of carboxylic acid groups (broad SMARTS) is 1. The highest BCUT2D eigenvalue weighted by Gasteiger charge is 2.27. The molecule has 0 aromatic heterocycles. The van der Waals surface area contributed by atoms with Crippen molar-refractivity contribution in [3.05, 3.63) is 66.2 Å². The second-order valence-electron chi connectivity index (χ2n) is 4.93. The molecule has 0 bridgehead atoms. The first-order chi connectivity index (χ1) is 11.2. The zero-order valence-electron chi connectivity index (χ0n) is 12.6. The summed E-state index contributed by atoms with van der Waals surface area (Å²) in [6.45, 7) is 0.0925. The number of rotatable bonds is 8. The van der Waals surface area contributed by atoms with Crippen LogP contribution in [-0.2, 0) is 20.9 Å². The molecule has 0 aliphatic rings. The average Bonchev–Trinajstić information content (AvgIpc) is 2.58. The largest absolute Gasteiger partial charge is 0.481 e. The monoisotopic (exact) mass is 330 g/mol. The molecule has 0 saturated carbocycles. The summed E-state index contributed by atoms with van der Waals surface area (Å²) in [6, 6.07) is 18.9. The Morgan fingerprint density at radius 1 is 1.00 bits per heavy atom. The predicted octanol–water partition coefficient (Wildman–Crippen LogP) is 3.61. The van der Waals surface area contributed by atoms with Crippen LogP contribution in [-0.4, -0.2) is 22.8 Å². The van der Waals surface area contributed by atoms with Gasteiger partial charge < -0.3 is 9.84 Å². The van der Waals surface area contributed by atoms with Crippen molar-refractivity contribution in [1.29, 1.82) is 0 Å². The van der Waals surface area contributed by atoms with E-state index in [0.717, 1.165) is 10.5 Å². The molecule has 0 fully saturated rings. The number of carbonyl (C=O) groups excluding carboxylic acids is 1. The minimum absolute atomic E-state index is 0.0925. The number of aliphatic carboxylic acids is 1. The lowest BCUT2D eigenvalue weighted by Crippen LogP contribution is -2.26. The standard InChI is InChI=1S/C18H18O4S/c19-17(20)16(11-12-23-15-9-5-2-6-10-15)18(21)22-13-14-7-3-1-4-8-14/h1-10,16H,11-13H2,(H,19,20). The summed E-state index contributed by atoms with van der Waals surface area (Å²) in [5.74, 6) is -2.41. The van der Waals surface area contributed by atoms with E-state index in [9.17, 15) is 14.7 Å². The van der Waals surface area contributed by atoms with Crippen molar-refractivity contribution in [3.63, 3.8) is 0 Å². The first-order valence-electron chi connectivity index (χ1n) is 7.28. The van der Waals surface area contributed by atoms with Crippen molar-refractivity contribution >= 4 is 23.7 Å². The van der Waals surface area contributed by atoms with Gasteiger partial charge in [-0.1, -0.05) is 48.5 Å². The van der Waals surface area contributed by atoms with E-state index in [-0.39, 0.29) is 13.0 Å². The lowest BCUT2D eigenvalue weighted by Gasteiger charge is -2.12. The second-order valence-corrected chi connectivity index (χ2v) is 6.10. The van der Waals surface area contributed by atoms with E-state index in [1.54, 1.807) is 0 Å². The van der Waals surface area contributed by atoms with Crippen LogP contribution in [0.2, 0.25) is 0 Å². The van der Waals surface area contributed by atoms with Crippen molar-refractivity contribution in [1.82, 2.24) is 0 Å². The van der Waals surface area contributed by atoms with Crippen molar-refractivity contribution in [2.45, 2.75) is 17.9 Å². The number of benzene rings is 2. The van der Waals surface area contributed by atoms with Crippen LogP contribution in [0.25, 0.3) is 0 Å². The van der Waals surface area contributed by atoms with Crippen LogP contribution in [0.4, 0.5) is 0 Å². The molecule has 2 aromatic rings. The maximum absolute atomic E-state index is 12.0. The average molecular weight is 330 g/mol. The highest BCUT2D eigenvalue weighted by atomic mass is 32.2. The van der Waals surface area contributed by atoms with Crippen molar-refractivity contribution in [2.24, 2.45) is 5.92 Å². The van der Waals surface area contributed by atoms with E-state index < -0.39 is 17.9 Å². The Hall–Kier alpha value is -2.27. The number of thioether (sulfide) groups is 1. The highest BCUT2D eigenvalue weighted by molar-refractivity contribution is 7.99. The number of ether oxygens (including phenoxy) is 1. The van der Waals surface area contributed by atoms with Crippen molar-refractivity contribution < 1.29 is 19.4 Å². The van der Waals surface area contributed by atoms with Crippen molar-refractivity contribution in [3.8, 4) is 0 Å². The summed E-state index contributed by atoms with van der Waals surface area (Å²) in [5.41, 5.74) is 0.837. The summed E-state index contributed by atoms with van der Waals surface area (Å²) < 4.78 is 5.13. The molecule has 0 spiro atoms. The van der Waals surface area contributed by atoms with E-state index in [2.05, 4.69) is 0 Å². The molecule has 0 heterocycles. The Bertz CT molecular complexity index is 628. The van der Waals surface area contributed by atoms with Crippen LogP contribution in [0.1, 0.15) is 12.0 Å². The normalized spacial score (nSPS) is 11.7. The van der Waals surface area contributed by atoms with Gasteiger partial charge in [-0.3, -0.25) is 9.59 Å². The lowest BCUT2D eigenvalue weighted by molar-refractivity contribution is -0.159. The molecule has 4 nitrogen and oxygen atoms in total. The number of carboxylic acids is 1. The predicted molar refractivity (Wildman–Crippen MR) is 89.1 cm³/mol. The van der Waals surface area contributed by atoms with E-state index in [1.165, 1.54) is 11.8 Å². The van der Waals surface area contributed by atoms with Crippen LogP contribution < -0.4 is 0 Å². The van der Waals surface area contributed by atoms with E-state index in [4.69, 9.17) is 4.74 Å². The number of carbonyl (C=O) groups is 2. The minimum atomic E-state index is -1.14. The Balaban J connectivity index is 1.82. The topological polar surface area (TPSA) is 63.6 Å². The van der Waals surface area contributed by atoms with Crippen molar-refractivity contribution in [2.75, 3.05) is 5.75 Å². The molecule has 120 valence electrons. The molecular formula is C18H18O4S. The fraction of sp³-hybridized carbons (Fsp3) is 0.222. The van der Waals surface area contributed by atoms with Gasteiger partial charge in [-0.2, -0.15) is 0 Å². The van der Waals surface area contributed by atoms with Gasteiger partial charge in [0.05, 0.1) is 0 Å². The Kier molecular flexibility index (Phi) is 6.69. The molecular weight excluding hydrogens is 312 g/mol. The molecule has 1 atom stereocenters. The van der Waals surface area contributed by atoms with Crippen LogP contribution >= 0.6 is 11.8 Å². The summed E-state index contributed by atoms with van der Waals surface area (Å²) in [7, 11) is 0. The summed E-state index contributed by atoms with van der Waals surface area (Å²) >= 11 is 1.53. The molecule has 23 heavy (non-hydrogen) atoms. The molecule has 0 amide bonds. The maximum Gasteiger partial charge on any atom is 0.320 e. The number of hydrogen-bond acceptors (Lipinski definition) is 4. The number of esters is 1. The molecule has 0 saturated heterocycles. The summed E-state index contributed by atoms with van der Waals surface area (Å²) in [6.07, 6.45) is 0.239. The zero-order valence-corrected chi connectivity index (χ0v) is 13.4. The third-order valence-electron chi connectivity index (χ3n) is 3.22. The van der Waals surface area contributed by atoms with E-state index in [1.807, 2.05) is 60.7 Å². The Morgan fingerprint density at radius 3 is 2.22 bits per heavy atom. The smallest absolute Gasteiger partial charge is 0.320 e. The molecule has 0 aliphatic heterocycles. The lowest BCUT2D eigenvalue weighted by atomic mass is 10.1. The van der Waals surface area contributed by atoms with Gasteiger partial charge in [0.2, 0.25) is 0 Å². The zero-order chi connectivity index (χ0) is 16.5. The first kappa shape index (κ1) is 17.1. The van der Waals surface area contributed by atoms with Gasteiger partial charge in [0.25, 0.3) is 0 Å². The quantitative estimate of drug-likeness (QED) is 0.455. The summed E-state index contributed by atoms with van der Waals surface area (Å²) in [4.78, 5) is 24.3. The maximum atomic E-state index is 12.0. The molecule has 0 radical (unpaired) electrons. The third-order valence-corrected chi connectivity index (χ3v) is 4.27. The molecule has 2 aromatic carbocycles. The third kappa shape index (κ3) is 5.79. The van der Waals surface area contributed by atoms with E-state index in [0.29, 0.717) is 5.75 Å². The Morgan fingerprint density at radius 2 is 1.61 bits per heavy atom. The van der Waals surface area contributed by atoms with Gasteiger partial charge in [-0.15, -0.1) is 11.8 Å². The van der Waals surface area contributed by atoms with Gasteiger partial charge in [-0.25, -0.2) is 0 Å². The van der Waals surface area contributed by atoms with Gasteiger partial charge >= 0.3 is 11.9 Å². The van der Waals surface area contributed by atoms with Crippen LogP contribution in [0.3, 0.4) is 0 Å². The highest BCUT2D eigenvalue weighted by Crippen LogP contribution is 2.21. The van der Waals surface area contributed by atoms with Gasteiger partial charge in [0, 0.05) is 4.90 Å². The number of hydrogen-bond donors (Lipinski definition) is 1. The second kappa shape index (κ2) is 9.00. The van der Waals surface area contributed by atoms with Gasteiger partial charge in [-0.05, 0) is 29.9 Å². The molecule has 2 rings (SSSR count). The fourth-order valence-corrected chi connectivity index (χ4v) is 2.92.